The average molecular weight is 269 g/mol. The quantitative estimate of drug-likeness (QED) is 0.817. The van der Waals surface area contributed by atoms with Crippen LogP contribution >= 0.6 is 0 Å². The molecule has 3 rings (SSSR count). The molecule has 0 saturated carbocycles. The zero-order valence-corrected chi connectivity index (χ0v) is 12.2. The molecule has 0 aliphatic heterocycles. The number of rotatable bonds is 5. The Balaban J connectivity index is 1.77. The molecule has 0 fully saturated rings. The first-order valence-corrected chi connectivity index (χ1v) is 7.70. The number of H-pyrrole nitrogens is 1. The Bertz CT molecular complexity index is 559. The fourth-order valence-electron chi connectivity index (χ4n) is 3.08. The van der Waals surface area contributed by atoms with E-state index in [1.54, 1.807) is 0 Å². The summed E-state index contributed by atoms with van der Waals surface area (Å²) in [5.41, 5.74) is 4.14. The first-order valence-electron chi connectivity index (χ1n) is 7.70. The van der Waals surface area contributed by atoms with Gasteiger partial charge in [0, 0.05) is 24.4 Å². The van der Waals surface area contributed by atoms with E-state index in [0.29, 0.717) is 5.92 Å². The van der Waals surface area contributed by atoms with Crippen molar-refractivity contribution >= 4 is 0 Å². The van der Waals surface area contributed by atoms with Gasteiger partial charge in [0.15, 0.2) is 0 Å². The van der Waals surface area contributed by atoms with Crippen LogP contribution in [-0.2, 0) is 13.0 Å². The Kier molecular flexibility index (Phi) is 4.16. The number of fused-ring (bicyclic) bond motifs is 1. The van der Waals surface area contributed by atoms with Crippen molar-refractivity contribution in [3.8, 4) is 0 Å². The second kappa shape index (κ2) is 6.23. The number of aromatic amines is 1. The molecule has 3 nitrogen and oxygen atoms in total. The first-order chi connectivity index (χ1) is 9.88. The number of nitrogens with one attached hydrogen (secondary N) is 2. The summed E-state index contributed by atoms with van der Waals surface area (Å²) in [6.45, 7) is 4.13. The van der Waals surface area contributed by atoms with E-state index in [1.165, 1.54) is 36.1 Å². The lowest BCUT2D eigenvalue weighted by atomic mass is 9.82. The van der Waals surface area contributed by atoms with E-state index in [2.05, 4.69) is 46.5 Å². The van der Waals surface area contributed by atoms with Gasteiger partial charge in [0.2, 0.25) is 0 Å². The van der Waals surface area contributed by atoms with E-state index < -0.39 is 0 Å². The summed E-state index contributed by atoms with van der Waals surface area (Å²) in [4.78, 5) is 8.13. The Hall–Kier alpha value is -1.61. The van der Waals surface area contributed by atoms with Gasteiger partial charge in [0.05, 0.1) is 0 Å². The van der Waals surface area contributed by atoms with Crippen LogP contribution in [0, 0.1) is 0 Å². The fourth-order valence-corrected chi connectivity index (χ4v) is 3.08. The van der Waals surface area contributed by atoms with Crippen LogP contribution in [-0.4, -0.2) is 16.5 Å². The lowest BCUT2D eigenvalue weighted by molar-refractivity contribution is 0.592. The molecule has 0 saturated heterocycles. The third-order valence-electron chi connectivity index (χ3n) is 4.09. The lowest BCUT2D eigenvalue weighted by Gasteiger charge is -2.23. The van der Waals surface area contributed by atoms with Crippen LogP contribution in [0.15, 0.2) is 30.5 Å². The van der Waals surface area contributed by atoms with Gasteiger partial charge >= 0.3 is 0 Å². The molecule has 2 N–H and O–H groups in total. The Morgan fingerprint density at radius 1 is 1.35 bits per heavy atom. The third-order valence-corrected chi connectivity index (χ3v) is 4.09. The van der Waals surface area contributed by atoms with Crippen molar-refractivity contribution in [3.63, 3.8) is 0 Å². The van der Waals surface area contributed by atoms with Crippen LogP contribution in [0.25, 0.3) is 0 Å². The van der Waals surface area contributed by atoms with Crippen molar-refractivity contribution in [1.29, 1.82) is 0 Å². The molecule has 1 aromatic carbocycles. The Morgan fingerprint density at radius 2 is 2.25 bits per heavy atom. The highest BCUT2D eigenvalue weighted by molar-refractivity contribution is 5.36. The van der Waals surface area contributed by atoms with Gasteiger partial charge in [0.25, 0.3) is 0 Å². The topological polar surface area (TPSA) is 40.7 Å². The van der Waals surface area contributed by atoms with Crippen molar-refractivity contribution in [3.05, 3.63) is 53.1 Å². The summed E-state index contributed by atoms with van der Waals surface area (Å²) in [6.07, 6.45) is 6.81. The molecule has 0 radical (unpaired) electrons. The smallest absolute Gasteiger partial charge is 0.113 e. The molecule has 3 heteroatoms. The predicted octanol–water partition coefficient (Wildman–Crippen LogP) is 3.38. The van der Waals surface area contributed by atoms with Gasteiger partial charge in [-0.15, -0.1) is 0 Å². The molecule has 106 valence electrons. The number of aromatic nitrogens is 2. The summed E-state index contributed by atoms with van der Waals surface area (Å²) in [7, 11) is 0. The minimum atomic E-state index is 0.444. The van der Waals surface area contributed by atoms with E-state index in [4.69, 9.17) is 0 Å². The highest BCUT2D eigenvalue weighted by Crippen LogP contribution is 2.34. The maximum atomic E-state index is 4.62. The number of nitrogens with zero attached hydrogens (tertiary/aromatic N) is 1. The third kappa shape index (κ3) is 2.78. The van der Waals surface area contributed by atoms with Gasteiger partial charge in [-0.25, -0.2) is 4.98 Å². The lowest BCUT2D eigenvalue weighted by Crippen LogP contribution is -2.15. The summed E-state index contributed by atoms with van der Waals surface area (Å²) >= 11 is 0. The minimum Gasteiger partial charge on any atom is -0.344 e. The molecule has 1 aliphatic rings. The zero-order valence-electron chi connectivity index (χ0n) is 12.2. The molecular formula is C17H23N3. The van der Waals surface area contributed by atoms with Crippen LogP contribution in [0.4, 0.5) is 0 Å². The molecule has 1 aromatic heterocycles. The molecule has 0 amide bonds. The van der Waals surface area contributed by atoms with Crippen molar-refractivity contribution in [2.24, 2.45) is 0 Å². The molecule has 0 bridgehead atoms. The SMILES string of the molecule is CCCNCc1cnc(C2CCCc3ccccc32)[nH]1. The van der Waals surface area contributed by atoms with Crippen molar-refractivity contribution in [1.82, 2.24) is 15.3 Å². The number of hydrogen-bond donors (Lipinski definition) is 2. The van der Waals surface area contributed by atoms with E-state index in [9.17, 15) is 0 Å². The number of benzene rings is 1. The maximum absolute atomic E-state index is 4.62. The molecule has 20 heavy (non-hydrogen) atoms. The minimum absolute atomic E-state index is 0.444. The normalized spacial score (nSPS) is 17.9. The van der Waals surface area contributed by atoms with Crippen molar-refractivity contribution in [2.45, 2.75) is 45.1 Å². The number of aryl methyl sites for hydroxylation is 1. The van der Waals surface area contributed by atoms with Gasteiger partial charge < -0.3 is 10.3 Å². The van der Waals surface area contributed by atoms with Gasteiger partial charge in [-0.3, -0.25) is 0 Å². The van der Waals surface area contributed by atoms with E-state index in [1.807, 2.05) is 6.20 Å². The van der Waals surface area contributed by atoms with Crippen LogP contribution in [0.5, 0.6) is 0 Å². The summed E-state index contributed by atoms with van der Waals surface area (Å²) in [6, 6.07) is 8.80. The highest BCUT2D eigenvalue weighted by Gasteiger charge is 2.23. The van der Waals surface area contributed by atoms with Crippen molar-refractivity contribution in [2.75, 3.05) is 6.54 Å². The van der Waals surface area contributed by atoms with Crippen LogP contribution in [0.1, 0.15) is 54.7 Å². The fraction of sp³-hybridized carbons (Fsp3) is 0.471. The Labute approximate surface area is 120 Å². The summed E-state index contributed by atoms with van der Waals surface area (Å²) in [5.74, 6) is 1.57. The molecular weight excluding hydrogens is 246 g/mol. The van der Waals surface area contributed by atoms with E-state index >= 15 is 0 Å². The molecule has 1 atom stereocenters. The predicted molar refractivity (Wildman–Crippen MR) is 81.8 cm³/mol. The monoisotopic (exact) mass is 269 g/mol. The van der Waals surface area contributed by atoms with Gasteiger partial charge in [0.1, 0.15) is 5.82 Å². The molecule has 2 aromatic rings. The van der Waals surface area contributed by atoms with Crippen LogP contribution in [0.2, 0.25) is 0 Å². The second-order valence-electron chi connectivity index (χ2n) is 5.61. The molecule has 1 aliphatic carbocycles. The molecule has 1 heterocycles. The standard InChI is InChI=1S/C17H23N3/c1-2-10-18-11-14-12-19-17(20-14)16-9-5-7-13-6-3-4-8-15(13)16/h3-4,6,8,12,16,18H,2,5,7,9-11H2,1H3,(H,19,20). The summed E-state index contributed by atoms with van der Waals surface area (Å²) in [5, 5.41) is 3.42. The summed E-state index contributed by atoms with van der Waals surface area (Å²) < 4.78 is 0. The average Bonchev–Trinajstić information content (AvgIpc) is 2.96. The maximum Gasteiger partial charge on any atom is 0.113 e. The van der Waals surface area contributed by atoms with Gasteiger partial charge in [-0.1, -0.05) is 31.2 Å². The van der Waals surface area contributed by atoms with Gasteiger partial charge in [-0.2, -0.15) is 0 Å². The molecule has 0 spiro atoms. The van der Waals surface area contributed by atoms with Crippen molar-refractivity contribution < 1.29 is 0 Å². The van der Waals surface area contributed by atoms with E-state index in [0.717, 1.165) is 25.3 Å². The highest BCUT2D eigenvalue weighted by atomic mass is 15.0. The number of imidazole rings is 1. The Morgan fingerprint density at radius 3 is 3.15 bits per heavy atom. The van der Waals surface area contributed by atoms with E-state index in [-0.39, 0.29) is 0 Å². The van der Waals surface area contributed by atoms with Gasteiger partial charge in [-0.05, 0) is 43.4 Å². The second-order valence-corrected chi connectivity index (χ2v) is 5.61. The molecule has 1 unspecified atom stereocenters. The first kappa shape index (κ1) is 13.4. The van der Waals surface area contributed by atoms with Crippen LogP contribution < -0.4 is 5.32 Å². The zero-order chi connectivity index (χ0) is 13.8. The largest absolute Gasteiger partial charge is 0.344 e. The van der Waals surface area contributed by atoms with Crippen LogP contribution in [0.3, 0.4) is 0 Å². The number of hydrogen-bond acceptors (Lipinski definition) is 2.